The van der Waals surface area contributed by atoms with Crippen molar-refractivity contribution in [1.82, 2.24) is 20.4 Å². The van der Waals surface area contributed by atoms with E-state index in [1.165, 1.54) is 12.8 Å². The van der Waals surface area contributed by atoms with E-state index in [0.717, 1.165) is 47.8 Å². The van der Waals surface area contributed by atoms with Gasteiger partial charge in [0.15, 0.2) is 0 Å². The molecule has 0 radical (unpaired) electrons. The van der Waals surface area contributed by atoms with Gasteiger partial charge in [-0.2, -0.15) is 0 Å². The topological polar surface area (TPSA) is 63.8 Å². The van der Waals surface area contributed by atoms with Gasteiger partial charge in [-0.25, -0.2) is 4.98 Å². The SMILES string of the molecule is Cc1noc(C)c1-c1cncc(CCC2CCCN2)n1. The Morgan fingerprint density at radius 3 is 2.95 bits per heavy atom. The lowest BCUT2D eigenvalue weighted by Crippen LogP contribution is -2.21. The van der Waals surface area contributed by atoms with Gasteiger partial charge in [-0.15, -0.1) is 0 Å². The van der Waals surface area contributed by atoms with Crippen LogP contribution in [0.4, 0.5) is 0 Å². The van der Waals surface area contributed by atoms with Crippen molar-refractivity contribution in [3.05, 3.63) is 29.5 Å². The highest BCUT2D eigenvalue weighted by Crippen LogP contribution is 2.24. The number of nitrogens with zero attached hydrogens (tertiary/aromatic N) is 3. The van der Waals surface area contributed by atoms with Crippen molar-refractivity contribution >= 4 is 0 Å². The van der Waals surface area contributed by atoms with Gasteiger partial charge in [0.2, 0.25) is 0 Å². The van der Waals surface area contributed by atoms with Crippen LogP contribution in [0.2, 0.25) is 0 Å². The predicted molar refractivity (Wildman–Crippen MR) is 76.3 cm³/mol. The third-order valence-corrected chi connectivity index (χ3v) is 3.89. The molecule has 2 aromatic heterocycles. The van der Waals surface area contributed by atoms with Crippen LogP contribution in [0.3, 0.4) is 0 Å². The first-order valence-electron chi connectivity index (χ1n) is 7.21. The van der Waals surface area contributed by atoms with Gasteiger partial charge < -0.3 is 9.84 Å². The molecule has 1 unspecified atom stereocenters. The van der Waals surface area contributed by atoms with Gasteiger partial charge in [0.1, 0.15) is 5.76 Å². The third-order valence-electron chi connectivity index (χ3n) is 3.89. The minimum atomic E-state index is 0.638. The lowest BCUT2D eigenvalue weighted by molar-refractivity contribution is 0.393. The maximum Gasteiger partial charge on any atom is 0.143 e. The van der Waals surface area contributed by atoms with Gasteiger partial charge in [-0.3, -0.25) is 4.98 Å². The average molecular weight is 272 g/mol. The Morgan fingerprint density at radius 1 is 1.35 bits per heavy atom. The Morgan fingerprint density at radius 2 is 2.25 bits per heavy atom. The normalized spacial score (nSPS) is 18.6. The highest BCUT2D eigenvalue weighted by atomic mass is 16.5. The smallest absolute Gasteiger partial charge is 0.143 e. The molecule has 5 nitrogen and oxygen atoms in total. The first-order chi connectivity index (χ1) is 9.74. The summed E-state index contributed by atoms with van der Waals surface area (Å²) in [6, 6.07) is 0.638. The molecule has 3 rings (SSSR count). The van der Waals surface area contributed by atoms with Crippen molar-refractivity contribution in [1.29, 1.82) is 0 Å². The molecule has 0 aliphatic carbocycles. The quantitative estimate of drug-likeness (QED) is 0.926. The summed E-state index contributed by atoms with van der Waals surface area (Å²) in [7, 11) is 0. The maximum atomic E-state index is 5.20. The second-order valence-electron chi connectivity index (χ2n) is 5.43. The van der Waals surface area contributed by atoms with Crippen LogP contribution in [0.1, 0.15) is 36.4 Å². The largest absolute Gasteiger partial charge is 0.361 e. The lowest BCUT2D eigenvalue weighted by Gasteiger charge is -2.09. The number of hydrogen-bond acceptors (Lipinski definition) is 5. The maximum absolute atomic E-state index is 5.20. The highest BCUT2D eigenvalue weighted by Gasteiger charge is 2.16. The minimum Gasteiger partial charge on any atom is -0.361 e. The number of aryl methyl sites for hydroxylation is 3. The van der Waals surface area contributed by atoms with Crippen LogP contribution in [0.25, 0.3) is 11.3 Å². The second kappa shape index (κ2) is 5.71. The Balaban J connectivity index is 1.75. The zero-order valence-electron chi connectivity index (χ0n) is 12.0. The summed E-state index contributed by atoms with van der Waals surface area (Å²) in [5.74, 6) is 0.798. The molecular weight excluding hydrogens is 252 g/mol. The van der Waals surface area contributed by atoms with Gasteiger partial charge in [0.05, 0.1) is 28.8 Å². The summed E-state index contributed by atoms with van der Waals surface area (Å²) in [5.41, 5.74) is 3.74. The van der Waals surface area contributed by atoms with Crippen LogP contribution in [0.5, 0.6) is 0 Å². The molecule has 3 heterocycles. The van der Waals surface area contributed by atoms with Gasteiger partial charge in [0, 0.05) is 12.2 Å². The fourth-order valence-corrected chi connectivity index (χ4v) is 2.82. The van der Waals surface area contributed by atoms with Crippen LogP contribution in [-0.4, -0.2) is 27.7 Å². The van der Waals surface area contributed by atoms with Crippen LogP contribution in [0.15, 0.2) is 16.9 Å². The molecule has 1 aliphatic heterocycles. The van der Waals surface area contributed by atoms with E-state index in [9.17, 15) is 0 Å². The van der Waals surface area contributed by atoms with E-state index in [0.29, 0.717) is 6.04 Å². The number of rotatable bonds is 4. The second-order valence-corrected chi connectivity index (χ2v) is 5.43. The standard InChI is InChI=1S/C15H20N4O/c1-10-15(11(2)20-19-10)14-9-16-8-13(18-14)6-5-12-4-3-7-17-12/h8-9,12,17H,3-7H2,1-2H3. The molecule has 1 atom stereocenters. The molecule has 0 spiro atoms. The third kappa shape index (κ3) is 2.72. The fourth-order valence-electron chi connectivity index (χ4n) is 2.82. The summed E-state index contributed by atoms with van der Waals surface area (Å²) in [6.45, 7) is 4.99. The Kier molecular flexibility index (Phi) is 3.78. The van der Waals surface area contributed by atoms with E-state index < -0.39 is 0 Å². The molecule has 2 aromatic rings. The van der Waals surface area contributed by atoms with Crippen molar-refractivity contribution in [3.63, 3.8) is 0 Å². The molecule has 0 bridgehead atoms. The average Bonchev–Trinajstić information content (AvgIpc) is 3.07. The Bertz CT molecular complexity index is 568. The number of aromatic nitrogens is 3. The summed E-state index contributed by atoms with van der Waals surface area (Å²) < 4.78 is 5.20. The summed E-state index contributed by atoms with van der Waals surface area (Å²) in [4.78, 5) is 9.02. The molecule has 1 N–H and O–H groups in total. The summed E-state index contributed by atoms with van der Waals surface area (Å²) in [5, 5.41) is 7.49. The predicted octanol–water partition coefficient (Wildman–Crippen LogP) is 2.43. The monoisotopic (exact) mass is 272 g/mol. The van der Waals surface area contributed by atoms with Crippen molar-refractivity contribution in [2.45, 2.75) is 45.6 Å². The van der Waals surface area contributed by atoms with Crippen molar-refractivity contribution in [2.24, 2.45) is 0 Å². The molecule has 0 amide bonds. The van der Waals surface area contributed by atoms with Crippen molar-refractivity contribution in [3.8, 4) is 11.3 Å². The molecule has 5 heteroatoms. The van der Waals surface area contributed by atoms with E-state index in [1.54, 1.807) is 6.20 Å². The molecule has 20 heavy (non-hydrogen) atoms. The van der Waals surface area contributed by atoms with E-state index in [1.807, 2.05) is 20.0 Å². The zero-order chi connectivity index (χ0) is 13.9. The molecule has 1 saturated heterocycles. The molecule has 106 valence electrons. The summed E-state index contributed by atoms with van der Waals surface area (Å²) in [6.07, 6.45) is 8.29. The molecule has 1 aliphatic rings. The molecule has 0 saturated carbocycles. The Hall–Kier alpha value is -1.75. The summed E-state index contributed by atoms with van der Waals surface area (Å²) >= 11 is 0. The van der Waals surface area contributed by atoms with Gasteiger partial charge >= 0.3 is 0 Å². The van der Waals surface area contributed by atoms with Gasteiger partial charge in [0.25, 0.3) is 0 Å². The Labute approximate surface area is 118 Å². The lowest BCUT2D eigenvalue weighted by atomic mass is 10.1. The molecule has 0 aromatic carbocycles. The van der Waals surface area contributed by atoms with E-state index >= 15 is 0 Å². The van der Waals surface area contributed by atoms with Crippen LogP contribution < -0.4 is 5.32 Å². The highest BCUT2D eigenvalue weighted by molar-refractivity contribution is 5.62. The van der Waals surface area contributed by atoms with Crippen LogP contribution >= 0.6 is 0 Å². The van der Waals surface area contributed by atoms with Crippen LogP contribution in [-0.2, 0) is 6.42 Å². The number of nitrogens with one attached hydrogen (secondary N) is 1. The van der Waals surface area contributed by atoms with Gasteiger partial charge in [-0.1, -0.05) is 5.16 Å². The van der Waals surface area contributed by atoms with E-state index in [-0.39, 0.29) is 0 Å². The molecular formula is C15H20N4O. The van der Waals surface area contributed by atoms with Gasteiger partial charge in [-0.05, 0) is 46.1 Å². The fraction of sp³-hybridized carbons (Fsp3) is 0.533. The first-order valence-corrected chi connectivity index (χ1v) is 7.21. The molecule has 1 fully saturated rings. The first kappa shape index (κ1) is 13.2. The zero-order valence-corrected chi connectivity index (χ0v) is 12.0. The van der Waals surface area contributed by atoms with Crippen LogP contribution in [0, 0.1) is 13.8 Å². The van der Waals surface area contributed by atoms with E-state index in [2.05, 4.69) is 15.5 Å². The number of hydrogen-bond donors (Lipinski definition) is 1. The van der Waals surface area contributed by atoms with Crippen molar-refractivity contribution < 1.29 is 4.52 Å². The van der Waals surface area contributed by atoms with Crippen molar-refractivity contribution in [2.75, 3.05) is 6.54 Å². The minimum absolute atomic E-state index is 0.638. The van der Waals surface area contributed by atoms with E-state index in [4.69, 9.17) is 9.51 Å².